The third-order valence-corrected chi connectivity index (χ3v) is 10.6. The van der Waals surface area contributed by atoms with E-state index in [0.717, 1.165) is 32.4 Å². The van der Waals surface area contributed by atoms with E-state index in [2.05, 4.69) is 38.8 Å². The summed E-state index contributed by atoms with van der Waals surface area (Å²) in [6.45, 7) is 3.80. The van der Waals surface area contributed by atoms with Gasteiger partial charge in [0.1, 0.15) is 0 Å². The molecule has 1 aromatic carbocycles. The third-order valence-electron chi connectivity index (χ3n) is 7.43. The summed E-state index contributed by atoms with van der Waals surface area (Å²) in [5.74, 6) is 0.505. The number of carbonyl (C=O) groups is 3. The Kier molecular flexibility index (Phi) is 4.89. The van der Waals surface area contributed by atoms with Gasteiger partial charge in [-0.05, 0) is 61.3 Å². The first kappa shape index (κ1) is 19.7. The van der Waals surface area contributed by atoms with Gasteiger partial charge in [0.05, 0.1) is 17.5 Å². The highest BCUT2D eigenvalue weighted by Gasteiger charge is 2.66. The Labute approximate surface area is 187 Å². The monoisotopic (exact) mass is 522 g/mol. The van der Waals surface area contributed by atoms with Crippen molar-refractivity contribution in [2.45, 2.75) is 35.8 Å². The van der Waals surface area contributed by atoms with Gasteiger partial charge in [-0.1, -0.05) is 38.8 Å². The second kappa shape index (κ2) is 7.19. The smallest absolute Gasteiger partial charge is 0.253 e. The number of fused-ring (bicyclic) bond motifs is 5. The second-order valence-corrected chi connectivity index (χ2v) is 11.2. The van der Waals surface area contributed by atoms with Crippen LogP contribution in [-0.2, 0) is 9.59 Å². The van der Waals surface area contributed by atoms with Crippen LogP contribution in [0.25, 0.3) is 0 Å². The van der Waals surface area contributed by atoms with Gasteiger partial charge in [-0.25, -0.2) is 0 Å². The van der Waals surface area contributed by atoms with Gasteiger partial charge >= 0.3 is 0 Å². The number of halogens is 2. The molecular formula is C22H24Br2N2O3. The lowest BCUT2D eigenvalue weighted by Gasteiger charge is -2.30. The summed E-state index contributed by atoms with van der Waals surface area (Å²) in [5, 5.41) is 0. The molecule has 29 heavy (non-hydrogen) atoms. The molecule has 4 fully saturated rings. The molecule has 5 nitrogen and oxygen atoms in total. The van der Waals surface area contributed by atoms with Crippen LogP contribution in [0.1, 0.15) is 36.5 Å². The molecule has 7 heteroatoms. The number of nitrogens with zero attached hydrogens (tertiary/aromatic N) is 2. The molecule has 0 spiro atoms. The standard InChI is InChI=1S/C22H24Br2N2O3/c1-11-6-8-25(9-7-11)20(27)12-2-4-13(5-3-12)26-21(28)16-14-10-15(17(16)22(26)29)19(24)18(14)23/h2-5,11,14-19H,6-10H2,1H3/t14-,15-,16-,17-,18-,19+/m1/s1. The van der Waals surface area contributed by atoms with Crippen molar-refractivity contribution in [3.63, 3.8) is 0 Å². The summed E-state index contributed by atoms with van der Waals surface area (Å²) in [5.41, 5.74) is 1.19. The maximum absolute atomic E-state index is 13.1. The van der Waals surface area contributed by atoms with E-state index in [4.69, 9.17) is 0 Å². The highest BCUT2D eigenvalue weighted by molar-refractivity contribution is 9.12. The summed E-state index contributed by atoms with van der Waals surface area (Å²) in [4.78, 5) is 42.7. The van der Waals surface area contributed by atoms with E-state index >= 15 is 0 Å². The molecule has 2 aliphatic heterocycles. The fraction of sp³-hybridized carbons (Fsp3) is 0.591. The first-order chi connectivity index (χ1) is 13.9. The van der Waals surface area contributed by atoms with Gasteiger partial charge < -0.3 is 4.90 Å². The van der Waals surface area contributed by atoms with Crippen LogP contribution in [0, 0.1) is 29.6 Å². The number of anilines is 1. The van der Waals surface area contributed by atoms with Crippen molar-refractivity contribution < 1.29 is 14.4 Å². The molecule has 6 atom stereocenters. The third kappa shape index (κ3) is 2.94. The molecule has 4 aliphatic rings. The molecule has 0 unspecified atom stereocenters. The van der Waals surface area contributed by atoms with Crippen molar-refractivity contribution >= 4 is 55.3 Å². The Morgan fingerprint density at radius 3 is 1.97 bits per heavy atom. The van der Waals surface area contributed by atoms with Crippen molar-refractivity contribution in [1.29, 1.82) is 0 Å². The summed E-state index contributed by atoms with van der Waals surface area (Å²) in [6, 6.07) is 6.99. The number of amides is 3. The van der Waals surface area contributed by atoms with Crippen LogP contribution in [0.15, 0.2) is 24.3 Å². The maximum Gasteiger partial charge on any atom is 0.253 e. The van der Waals surface area contributed by atoms with Crippen molar-refractivity contribution in [2.75, 3.05) is 18.0 Å². The van der Waals surface area contributed by atoms with Crippen LogP contribution in [0.5, 0.6) is 0 Å². The number of imide groups is 1. The van der Waals surface area contributed by atoms with E-state index in [9.17, 15) is 14.4 Å². The van der Waals surface area contributed by atoms with Crippen LogP contribution in [0.3, 0.4) is 0 Å². The quantitative estimate of drug-likeness (QED) is 0.437. The van der Waals surface area contributed by atoms with Gasteiger partial charge in [-0.2, -0.15) is 0 Å². The summed E-state index contributed by atoms with van der Waals surface area (Å²) in [6.07, 6.45) is 3.00. The number of hydrogen-bond acceptors (Lipinski definition) is 3. The van der Waals surface area contributed by atoms with Crippen LogP contribution in [0.2, 0.25) is 0 Å². The second-order valence-electron chi connectivity index (χ2n) is 9.04. The Morgan fingerprint density at radius 2 is 1.45 bits per heavy atom. The number of carbonyl (C=O) groups excluding carboxylic acids is 3. The average Bonchev–Trinajstić information content (AvgIpc) is 3.33. The van der Waals surface area contributed by atoms with Crippen LogP contribution in [-0.4, -0.2) is 45.4 Å². The molecule has 0 N–H and O–H groups in total. The first-order valence-corrected chi connectivity index (χ1v) is 12.3. The first-order valence-electron chi connectivity index (χ1n) is 10.4. The number of likely N-dealkylation sites (tertiary alicyclic amines) is 1. The normalized spacial score (nSPS) is 36.8. The Hall–Kier alpha value is -1.21. The predicted octanol–water partition coefficient (Wildman–Crippen LogP) is 3.84. The molecular weight excluding hydrogens is 500 g/mol. The topological polar surface area (TPSA) is 57.7 Å². The minimum Gasteiger partial charge on any atom is -0.339 e. The van der Waals surface area contributed by atoms with Crippen LogP contribution >= 0.6 is 31.9 Å². The lowest BCUT2D eigenvalue weighted by molar-refractivity contribution is -0.123. The molecule has 0 aromatic heterocycles. The molecule has 2 saturated heterocycles. The van der Waals surface area contributed by atoms with Crippen LogP contribution < -0.4 is 4.90 Å². The molecule has 2 heterocycles. The summed E-state index contributed by atoms with van der Waals surface area (Å²) in [7, 11) is 0. The fourth-order valence-corrected chi connectivity index (χ4v) is 7.62. The number of alkyl halides is 2. The molecule has 154 valence electrons. The Bertz CT molecular complexity index is 833. The zero-order chi connectivity index (χ0) is 20.4. The van der Waals surface area contributed by atoms with E-state index in [1.807, 2.05) is 4.90 Å². The van der Waals surface area contributed by atoms with Gasteiger partial charge in [0.15, 0.2) is 0 Å². The van der Waals surface area contributed by atoms with Gasteiger partial charge in [0.2, 0.25) is 11.8 Å². The van der Waals surface area contributed by atoms with E-state index in [1.54, 1.807) is 24.3 Å². The molecule has 0 radical (unpaired) electrons. The van der Waals surface area contributed by atoms with Gasteiger partial charge in [0, 0.05) is 28.3 Å². The van der Waals surface area contributed by atoms with Crippen molar-refractivity contribution in [2.24, 2.45) is 29.6 Å². The van der Waals surface area contributed by atoms with Gasteiger partial charge in [0.25, 0.3) is 5.91 Å². The van der Waals surface area contributed by atoms with Crippen molar-refractivity contribution in [3.05, 3.63) is 29.8 Å². The van der Waals surface area contributed by atoms with Crippen LogP contribution in [0.4, 0.5) is 5.69 Å². The predicted molar refractivity (Wildman–Crippen MR) is 117 cm³/mol. The fourth-order valence-electron chi connectivity index (χ4n) is 5.75. The molecule has 5 rings (SSSR count). The van der Waals surface area contributed by atoms with Crippen molar-refractivity contribution in [1.82, 2.24) is 4.90 Å². The molecule has 3 amide bonds. The number of rotatable bonds is 2. The summed E-state index contributed by atoms with van der Waals surface area (Å²) >= 11 is 7.43. The zero-order valence-electron chi connectivity index (χ0n) is 16.3. The molecule has 1 aromatic rings. The van der Waals surface area contributed by atoms with Crippen molar-refractivity contribution in [3.8, 4) is 0 Å². The Morgan fingerprint density at radius 1 is 0.931 bits per heavy atom. The maximum atomic E-state index is 13.1. The molecule has 2 saturated carbocycles. The lowest BCUT2D eigenvalue weighted by atomic mass is 9.81. The SMILES string of the molecule is CC1CCN(C(=O)c2ccc(N3C(=O)[C@@H]4[C@H]5C[C@@H]([C@@H](Br)[C@H]5Br)[C@H]4C3=O)cc2)CC1. The van der Waals surface area contributed by atoms with E-state index < -0.39 is 0 Å². The highest BCUT2D eigenvalue weighted by atomic mass is 79.9. The number of piperidine rings is 1. The number of hydrogen-bond donors (Lipinski definition) is 0. The largest absolute Gasteiger partial charge is 0.339 e. The minimum absolute atomic E-state index is 0.0294. The average molecular weight is 524 g/mol. The van der Waals surface area contributed by atoms with Gasteiger partial charge in [-0.15, -0.1) is 0 Å². The summed E-state index contributed by atoms with van der Waals surface area (Å²) < 4.78 is 0. The highest BCUT2D eigenvalue weighted by Crippen LogP contribution is 2.60. The lowest BCUT2D eigenvalue weighted by Crippen LogP contribution is -2.38. The number of benzene rings is 1. The Balaban J connectivity index is 1.35. The van der Waals surface area contributed by atoms with E-state index in [-0.39, 0.29) is 51.0 Å². The van der Waals surface area contributed by atoms with E-state index in [1.165, 1.54) is 4.90 Å². The zero-order valence-corrected chi connectivity index (χ0v) is 19.4. The van der Waals surface area contributed by atoms with E-state index in [0.29, 0.717) is 17.2 Å². The molecule has 2 aliphatic carbocycles. The molecule has 2 bridgehead atoms. The minimum atomic E-state index is -0.220. The van der Waals surface area contributed by atoms with Gasteiger partial charge in [-0.3, -0.25) is 19.3 Å².